The third-order valence-electron chi connectivity index (χ3n) is 3.56. The van der Waals surface area contributed by atoms with Crippen LogP contribution in [0.4, 0.5) is 0 Å². The molecule has 1 aliphatic rings. The van der Waals surface area contributed by atoms with Crippen LogP contribution in [0.3, 0.4) is 0 Å². The number of hydrogen-bond donors (Lipinski definition) is 2. The van der Waals surface area contributed by atoms with Gasteiger partial charge in [-0.15, -0.1) is 0 Å². The standard InChI is InChI=1S/C14H21NO3S/c1-2-13(9-11-7-8-11)15-19(17,18)14-6-4-3-5-12(14)10-16/h3-6,11,13,15-16H,2,7-10H2,1H3. The molecule has 0 amide bonds. The van der Waals surface area contributed by atoms with Gasteiger partial charge in [0.1, 0.15) is 0 Å². The monoisotopic (exact) mass is 283 g/mol. The molecule has 106 valence electrons. The van der Waals surface area contributed by atoms with Crippen molar-refractivity contribution in [2.75, 3.05) is 0 Å². The van der Waals surface area contributed by atoms with Crippen LogP contribution < -0.4 is 4.72 Å². The molecule has 1 saturated carbocycles. The summed E-state index contributed by atoms with van der Waals surface area (Å²) in [6.07, 6.45) is 4.13. The number of hydrogen-bond acceptors (Lipinski definition) is 3. The summed E-state index contributed by atoms with van der Waals surface area (Å²) in [7, 11) is -3.54. The molecule has 4 nitrogen and oxygen atoms in total. The van der Waals surface area contributed by atoms with Gasteiger partial charge in [-0.1, -0.05) is 38.0 Å². The minimum atomic E-state index is -3.54. The van der Waals surface area contributed by atoms with Crippen molar-refractivity contribution in [2.45, 2.75) is 50.2 Å². The molecule has 1 aromatic carbocycles. The van der Waals surface area contributed by atoms with Crippen LogP contribution in [0.5, 0.6) is 0 Å². The van der Waals surface area contributed by atoms with Gasteiger partial charge in [-0.25, -0.2) is 13.1 Å². The van der Waals surface area contributed by atoms with E-state index in [1.165, 1.54) is 18.9 Å². The Bertz CT molecular complexity index is 523. The third kappa shape index (κ3) is 3.78. The first-order valence-corrected chi connectivity index (χ1v) is 8.26. The normalized spacial score (nSPS) is 17.4. The van der Waals surface area contributed by atoms with E-state index >= 15 is 0 Å². The first kappa shape index (κ1) is 14.5. The zero-order chi connectivity index (χ0) is 13.9. The van der Waals surface area contributed by atoms with Gasteiger partial charge in [-0.2, -0.15) is 0 Å². The van der Waals surface area contributed by atoms with E-state index in [-0.39, 0.29) is 17.5 Å². The lowest BCUT2D eigenvalue weighted by atomic mass is 10.1. The molecule has 2 rings (SSSR count). The molecule has 0 bridgehead atoms. The molecule has 1 fully saturated rings. The third-order valence-corrected chi connectivity index (χ3v) is 5.18. The van der Waals surface area contributed by atoms with Gasteiger partial charge in [0, 0.05) is 6.04 Å². The molecule has 0 spiro atoms. The summed E-state index contributed by atoms with van der Waals surface area (Å²) >= 11 is 0. The first-order chi connectivity index (χ1) is 9.06. The van der Waals surface area contributed by atoms with Crippen LogP contribution >= 0.6 is 0 Å². The fourth-order valence-corrected chi connectivity index (χ4v) is 3.80. The second-order valence-corrected chi connectivity index (χ2v) is 6.85. The Balaban J connectivity index is 2.15. The average molecular weight is 283 g/mol. The smallest absolute Gasteiger partial charge is 0.241 e. The van der Waals surface area contributed by atoms with Crippen LogP contribution in [-0.2, 0) is 16.6 Å². The second-order valence-electron chi connectivity index (χ2n) is 5.17. The summed E-state index contributed by atoms with van der Waals surface area (Å²) in [5, 5.41) is 9.24. The number of nitrogens with one attached hydrogen (secondary N) is 1. The number of aliphatic hydroxyl groups is 1. The predicted octanol–water partition coefficient (Wildman–Crippen LogP) is 2.04. The molecule has 0 aromatic heterocycles. The first-order valence-electron chi connectivity index (χ1n) is 6.78. The highest BCUT2D eigenvalue weighted by Gasteiger charge is 2.28. The van der Waals surface area contributed by atoms with E-state index in [4.69, 9.17) is 0 Å². The van der Waals surface area contributed by atoms with Crippen LogP contribution in [-0.4, -0.2) is 19.6 Å². The van der Waals surface area contributed by atoms with Crippen LogP contribution in [0.25, 0.3) is 0 Å². The Kier molecular flexibility index (Phi) is 4.60. The maximum atomic E-state index is 12.4. The quantitative estimate of drug-likeness (QED) is 0.804. The van der Waals surface area contributed by atoms with Crippen molar-refractivity contribution >= 4 is 10.0 Å². The zero-order valence-corrected chi connectivity index (χ0v) is 12.0. The SMILES string of the molecule is CCC(CC1CC1)NS(=O)(=O)c1ccccc1CO. The van der Waals surface area contributed by atoms with Gasteiger partial charge in [-0.05, 0) is 30.4 Å². The summed E-state index contributed by atoms with van der Waals surface area (Å²) in [5.41, 5.74) is 0.441. The van der Waals surface area contributed by atoms with Gasteiger partial charge in [-0.3, -0.25) is 0 Å². The van der Waals surface area contributed by atoms with E-state index in [0.29, 0.717) is 11.5 Å². The highest BCUT2D eigenvalue weighted by atomic mass is 32.2. The molecule has 0 heterocycles. The lowest BCUT2D eigenvalue weighted by Crippen LogP contribution is -2.35. The van der Waals surface area contributed by atoms with E-state index in [9.17, 15) is 13.5 Å². The number of benzene rings is 1. The molecule has 5 heteroatoms. The Hall–Kier alpha value is -0.910. The van der Waals surface area contributed by atoms with E-state index in [0.717, 1.165) is 12.8 Å². The van der Waals surface area contributed by atoms with E-state index < -0.39 is 10.0 Å². The minimum Gasteiger partial charge on any atom is -0.392 e. The molecule has 1 aliphatic carbocycles. The Morgan fingerprint density at radius 1 is 1.37 bits per heavy atom. The Morgan fingerprint density at radius 3 is 2.63 bits per heavy atom. The molecule has 0 radical (unpaired) electrons. The molecule has 2 N–H and O–H groups in total. The minimum absolute atomic E-state index is 0.00995. The Labute approximate surface area is 114 Å². The molecule has 1 aromatic rings. The second kappa shape index (κ2) is 6.03. The van der Waals surface area contributed by atoms with Gasteiger partial charge < -0.3 is 5.11 Å². The van der Waals surface area contributed by atoms with Gasteiger partial charge in [0.05, 0.1) is 11.5 Å². The molecule has 0 aliphatic heterocycles. The molecule has 1 atom stereocenters. The van der Waals surface area contributed by atoms with Crippen LogP contribution in [0, 0.1) is 5.92 Å². The van der Waals surface area contributed by atoms with Crippen LogP contribution in [0.1, 0.15) is 38.2 Å². The topological polar surface area (TPSA) is 66.4 Å². The molecular weight excluding hydrogens is 262 g/mol. The van der Waals surface area contributed by atoms with Gasteiger partial charge >= 0.3 is 0 Å². The lowest BCUT2D eigenvalue weighted by molar-refractivity contribution is 0.278. The van der Waals surface area contributed by atoms with Crippen molar-refractivity contribution in [2.24, 2.45) is 5.92 Å². The number of aliphatic hydroxyl groups excluding tert-OH is 1. The fraction of sp³-hybridized carbons (Fsp3) is 0.571. The van der Waals surface area contributed by atoms with Crippen LogP contribution in [0.15, 0.2) is 29.2 Å². The highest BCUT2D eigenvalue weighted by Crippen LogP contribution is 2.34. The van der Waals surface area contributed by atoms with Crippen molar-refractivity contribution in [3.63, 3.8) is 0 Å². The van der Waals surface area contributed by atoms with Crippen molar-refractivity contribution in [3.8, 4) is 0 Å². The summed E-state index contributed by atoms with van der Waals surface area (Å²) in [6.45, 7) is 1.73. The fourth-order valence-electron chi connectivity index (χ4n) is 2.23. The van der Waals surface area contributed by atoms with Gasteiger partial charge in [0.15, 0.2) is 0 Å². The van der Waals surface area contributed by atoms with Crippen molar-refractivity contribution in [3.05, 3.63) is 29.8 Å². The zero-order valence-electron chi connectivity index (χ0n) is 11.2. The lowest BCUT2D eigenvalue weighted by Gasteiger charge is -2.18. The van der Waals surface area contributed by atoms with E-state index in [1.54, 1.807) is 18.2 Å². The Morgan fingerprint density at radius 2 is 2.05 bits per heavy atom. The molecule has 1 unspecified atom stereocenters. The van der Waals surface area contributed by atoms with Crippen molar-refractivity contribution in [1.29, 1.82) is 0 Å². The van der Waals surface area contributed by atoms with Crippen molar-refractivity contribution in [1.82, 2.24) is 4.72 Å². The van der Waals surface area contributed by atoms with E-state index in [2.05, 4.69) is 4.72 Å². The van der Waals surface area contributed by atoms with Crippen molar-refractivity contribution < 1.29 is 13.5 Å². The molecular formula is C14H21NO3S. The van der Waals surface area contributed by atoms with Gasteiger partial charge in [0.25, 0.3) is 0 Å². The predicted molar refractivity (Wildman–Crippen MR) is 74.1 cm³/mol. The summed E-state index contributed by atoms with van der Waals surface area (Å²) in [4.78, 5) is 0.187. The maximum Gasteiger partial charge on any atom is 0.241 e. The highest BCUT2D eigenvalue weighted by molar-refractivity contribution is 7.89. The van der Waals surface area contributed by atoms with Gasteiger partial charge in [0.2, 0.25) is 10.0 Å². The number of rotatable bonds is 7. The average Bonchev–Trinajstić information content (AvgIpc) is 3.21. The van der Waals surface area contributed by atoms with E-state index in [1.807, 2.05) is 6.92 Å². The molecule has 19 heavy (non-hydrogen) atoms. The molecule has 0 saturated heterocycles. The summed E-state index contributed by atoms with van der Waals surface area (Å²) in [6, 6.07) is 6.57. The number of sulfonamides is 1. The van der Waals surface area contributed by atoms with Crippen LogP contribution in [0.2, 0.25) is 0 Å². The summed E-state index contributed by atoms with van der Waals surface area (Å²) < 4.78 is 27.5. The summed E-state index contributed by atoms with van der Waals surface area (Å²) in [5.74, 6) is 0.681. The maximum absolute atomic E-state index is 12.4. The largest absolute Gasteiger partial charge is 0.392 e.